The molecule has 0 spiro atoms. The molecule has 3 heteroatoms. The Bertz CT molecular complexity index is 644. The third kappa shape index (κ3) is 1.34. The monoisotopic (exact) mass is 254 g/mol. The molecule has 1 aromatic carbocycles. The van der Waals surface area contributed by atoms with Crippen molar-refractivity contribution in [3.63, 3.8) is 0 Å². The van der Waals surface area contributed by atoms with Gasteiger partial charge in [-0.1, -0.05) is 38.1 Å². The van der Waals surface area contributed by atoms with Crippen LogP contribution >= 0.6 is 0 Å². The van der Waals surface area contributed by atoms with Crippen LogP contribution in [-0.4, -0.2) is 20.8 Å². The zero-order valence-electron chi connectivity index (χ0n) is 11.2. The summed E-state index contributed by atoms with van der Waals surface area (Å²) in [7, 11) is 0. The molecule has 3 atom stereocenters. The van der Waals surface area contributed by atoms with Gasteiger partial charge in [0.15, 0.2) is 0 Å². The van der Waals surface area contributed by atoms with Gasteiger partial charge in [-0.05, 0) is 17.4 Å². The summed E-state index contributed by atoms with van der Waals surface area (Å²) in [5.41, 5.74) is 3.95. The predicted octanol–water partition coefficient (Wildman–Crippen LogP) is 2.86. The molecule has 0 radical (unpaired) electrons. The minimum atomic E-state index is -0.207. The van der Waals surface area contributed by atoms with Crippen molar-refractivity contribution < 1.29 is 5.11 Å². The van der Waals surface area contributed by atoms with E-state index in [1.807, 2.05) is 12.5 Å². The van der Waals surface area contributed by atoms with Crippen LogP contribution < -0.4 is 0 Å². The third-order valence-corrected chi connectivity index (χ3v) is 4.91. The van der Waals surface area contributed by atoms with Crippen molar-refractivity contribution in [1.82, 2.24) is 9.55 Å². The number of aliphatic hydroxyl groups excluding tert-OH is 1. The molecule has 19 heavy (non-hydrogen) atoms. The Kier molecular flexibility index (Phi) is 2.06. The molecule has 0 bridgehead atoms. The van der Waals surface area contributed by atoms with Crippen LogP contribution in [0.4, 0.5) is 0 Å². The Morgan fingerprint density at radius 1 is 1.32 bits per heavy atom. The van der Waals surface area contributed by atoms with Crippen LogP contribution in [-0.2, 0) is 0 Å². The molecule has 0 unspecified atom stereocenters. The van der Waals surface area contributed by atoms with Crippen LogP contribution in [0.5, 0.6) is 0 Å². The second-order valence-electron chi connectivity index (χ2n) is 6.50. The van der Waals surface area contributed by atoms with Crippen LogP contribution in [0.15, 0.2) is 36.8 Å². The summed E-state index contributed by atoms with van der Waals surface area (Å²) >= 11 is 0. The molecule has 3 nitrogen and oxygen atoms in total. The number of hydrogen-bond acceptors (Lipinski definition) is 2. The van der Waals surface area contributed by atoms with Crippen LogP contribution in [0.1, 0.15) is 31.9 Å². The summed E-state index contributed by atoms with van der Waals surface area (Å²) < 4.78 is 2.24. The third-order valence-electron chi connectivity index (χ3n) is 4.91. The topological polar surface area (TPSA) is 38.1 Å². The number of nitrogens with zero attached hydrogens (tertiary/aromatic N) is 2. The summed E-state index contributed by atoms with van der Waals surface area (Å²) in [6.07, 6.45) is 4.51. The molecular weight excluding hydrogens is 236 g/mol. The van der Waals surface area contributed by atoms with Crippen molar-refractivity contribution in [2.75, 3.05) is 0 Å². The summed E-state index contributed by atoms with van der Waals surface area (Å²) in [4.78, 5) is 4.29. The lowest BCUT2D eigenvalue weighted by atomic mass is 9.57. The summed E-state index contributed by atoms with van der Waals surface area (Å²) in [6.45, 7) is 4.50. The highest BCUT2D eigenvalue weighted by Gasteiger charge is 2.53. The molecule has 1 saturated carbocycles. The molecule has 2 heterocycles. The SMILES string of the molecule is CC1(C)C[C@H](O)[C@@H]1[C@@H]1c2ccccc2-c2cncn21. The lowest BCUT2D eigenvalue weighted by molar-refractivity contribution is -0.103. The Morgan fingerprint density at radius 2 is 2.11 bits per heavy atom. The van der Waals surface area contributed by atoms with Crippen LogP contribution in [0, 0.1) is 11.3 Å². The Hall–Kier alpha value is -1.61. The molecule has 4 rings (SSSR count). The fourth-order valence-corrected chi connectivity index (χ4v) is 4.04. The lowest BCUT2D eigenvalue weighted by Crippen LogP contribution is -2.51. The first-order valence-electron chi connectivity index (χ1n) is 6.89. The fraction of sp³-hybridized carbons (Fsp3) is 0.438. The van der Waals surface area contributed by atoms with E-state index >= 15 is 0 Å². The smallest absolute Gasteiger partial charge is 0.0956 e. The molecule has 2 aliphatic rings. The van der Waals surface area contributed by atoms with E-state index in [9.17, 15) is 5.11 Å². The van der Waals surface area contributed by atoms with Crippen molar-refractivity contribution in [2.45, 2.75) is 32.4 Å². The van der Waals surface area contributed by atoms with Gasteiger partial charge in [-0.15, -0.1) is 0 Å². The molecule has 1 fully saturated rings. The van der Waals surface area contributed by atoms with Crippen molar-refractivity contribution in [3.8, 4) is 11.3 Å². The lowest BCUT2D eigenvalue weighted by Gasteiger charge is -2.52. The standard InChI is InChI=1S/C16H18N2O/c1-16(2)7-13(19)14(16)15-11-6-4-3-5-10(11)12-8-17-9-18(12)15/h3-6,8-9,13-15,19H,7H2,1-2H3/t13-,14+,15-/m0/s1. The average molecular weight is 254 g/mol. The Balaban J connectivity index is 1.90. The van der Waals surface area contributed by atoms with Gasteiger partial charge in [0, 0.05) is 11.5 Å². The van der Waals surface area contributed by atoms with E-state index in [0.29, 0.717) is 0 Å². The van der Waals surface area contributed by atoms with Gasteiger partial charge in [0.2, 0.25) is 0 Å². The van der Waals surface area contributed by atoms with Gasteiger partial charge in [-0.3, -0.25) is 0 Å². The van der Waals surface area contributed by atoms with Crippen molar-refractivity contribution >= 4 is 0 Å². The molecule has 1 aliphatic heterocycles. The Morgan fingerprint density at radius 3 is 2.84 bits per heavy atom. The van der Waals surface area contributed by atoms with Gasteiger partial charge in [-0.25, -0.2) is 4.98 Å². The van der Waals surface area contributed by atoms with Gasteiger partial charge in [-0.2, -0.15) is 0 Å². The first-order valence-corrected chi connectivity index (χ1v) is 6.89. The summed E-state index contributed by atoms with van der Waals surface area (Å²) in [5.74, 6) is 0.268. The molecule has 1 N–H and O–H groups in total. The van der Waals surface area contributed by atoms with Gasteiger partial charge < -0.3 is 9.67 Å². The van der Waals surface area contributed by atoms with Crippen LogP contribution in [0.25, 0.3) is 11.3 Å². The van der Waals surface area contributed by atoms with E-state index in [-0.39, 0.29) is 23.5 Å². The van der Waals surface area contributed by atoms with Crippen LogP contribution in [0.2, 0.25) is 0 Å². The normalized spacial score (nSPS) is 30.6. The van der Waals surface area contributed by atoms with Crippen molar-refractivity contribution in [2.24, 2.45) is 11.3 Å². The first-order chi connectivity index (χ1) is 9.09. The summed E-state index contributed by atoms with van der Waals surface area (Å²) in [6, 6.07) is 8.73. The molecule has 2 aromatic rings. The minimum absolute atomic E-state index is 0.184. The quantitative estimate of drug-likeness (QED) is 0.849. The number of benzene rings is 1. The highest BCUT2D eigenvalue weighted by atomic mass is 16.3. The van der Waals surface area contributed by atoms with Crippen molar-refractivity contribution in [3.05, 3.63) is 42.4 Å². The minimum Gasteiger partial charge on any atom is -0.393 e. The zero-order chi connectivity index (χ0) is 13.2. The van der Waals surface area contributed by atoms with E-state index in [4.69, 9.17) is 0 Å². The molecule has 0 amide bonds. The van der Waals surface area contributed by atoms with Crippen LogP contribution in [0.3, 0.4) is 0 Å². The highest BCUT2D eigenvalue weighted by molar-refractivity contribution is 5.69. The van der Waals surface area contributed by atoms with Gasteiger partial charge in [0.1, 0.15) is 0 Å². The summed E-state index contributed by atoms with van der Waals surface area (Å²) in [5, 5.41) is 10.3. The maximum atomic E-state index is 10.3. The van der Waals surface area contributed by atoms with E-state index in [0.717, 1.165) is 6.42 Å². The van der Waals surface area contributed by atoms with Gasteiger partial charge >= 0.3 is 0 Å². The average Bonchev–Trinajstić information content (AvgIpc) is 2.92. The first kappa shape index (κ1) is 11.2. The van der Waals surface area contributed by atoms with Gasteiger partial charge in [0.25, 0.3) is 0 Å². The number of aromatic nitrogens is 2. The maximum absolute atomic E-state index is 10.3. The van der Waals surface area contributed by atoms with E-state index in [2.05, 4.69) is 47.7 Å². The van der Waals surface area contributed by atoms with Gasteiger partial charge in [0.05, 0.1) is 30.4 Å². The second-order valence-corrected chi connectivity index (χ2v) is 6.50. The fourth-order valence-electron chi connectivity index (χ4n) is 4.04. The number of rotatable bonds is 1. The molecule has 1 aliphatic carbocycles. The van der Waals surface area contributed by atoms with E-state index < -0.39 is 0 Å². The highest BCUT2D eigenvalue weighted by Crippen LogP contribution is 2.56. The van der Waals surface area contributed by atoms with E-state index in [1.165, 1.54) is 16.8 Å². The molecule has 0 saturated heterocycles. The largest absolute Gasteiger partial charge is 0.393 e. The maximum Gasteiger partial charge on any atom is 0.0956 e. The number of imidazole rings is 1. The molecular formula is C16H18N2O. The zero-order valence-corrected chi connectivity index (χ0v) is 11.2. The Labute approximate surface area is 112 Å². The molecule has 98 valence electrons. The van der Waals surface area contributed by atoms with Crippen molar-refractivity contribution in [1.29, 1.82) is 0 Å². The number of hydrogen-bond donors (Lipinski definition) is 1. The number of fused-ring (bicyclic) bond motifs is 3. The number of aliphatic hydroxyl groups is 1. The predicted molar refractivity (Wildman–Crippen MR) is 73.7 cm³/mol. The van der Waals surface area contributed by atoms with E-state index in [1.54, 1.807) is 0 Å². The molecule has 1 aromatic heterocycles. The second kappa shape index (κ2) is 3.48.